The van der Waals surface area contributed by atoms with Crippen LogP contribution in [-0.4, -0.2) is 25.8 Å². The van der Waals surface area contributed by atoms with Crippen LogP contribution in [0.5, 0.6) is 0 Å². The molecule has 4 N–H and O–H groups in total. The number of nitrogens with two attached hydrogens (primary N) is 1. The summed E-state index contributed by atoms with van der Waals surface area (Å²) < 4.78 is 0.832. The van der Waals surface area contributed by atoms with Crippen LogP contribution in [0.3, 0.4) is 0 Å². The molecule has 3 aromatic heterocycles. The van der Waals surface area contributed by atoms with E-state index in [1.165, 1.54) is 6.33 Å². The molecular weight excluding hydrogens is 562 g/mol. The van der Waals surface area contributed by atoms with Gasteiger partial charge in [-0.2, -0.15) is 0 Å². The predicted molar refractivity (Wildman–Crippen MR) is 156 cm³/mol. The van der Waals surface area contributed by atoms with Gasteiger partial charge in [0.2, 0.25) is 0 Å². The topological polar surface area (TPSA) is 119 Å². The summed E-state index contributed by atoms with van der Waals surface area (Å²) >= 11 is 4.91. The van der Waals surface area contributed by atoms with E-state index in [-0.39, 0.29) is 11.8 Å². The summed E-state index contributed by atoms with van der Waals surface area (Å²) in [5.74, 6) is 1.07. The number of fused-ring (bicyclic) bond motifs is 1. The molecule has 1 amide bonds. The van der Waals surface area contributed by atoms with Crippen LogP contribution in [0.15, 0.2) is 93.5 Å². The van der Waals surface area contributed by atoms with Gasteiger partial charge in [0.15, 0.2) is 5.65 Å². The molecule has 0 unspecified atom stereocenters. The molecule has 0 fully saturated rings. The minimum Gasteiger partial charge on any atom is -0.399 e. The quantitative estimate of drug-likeness (QED) is 0.174. The van der Waals surface area contributed by atoms with E-state index in [9.17, 15) is 4.79 Å². The first kappa shape index (κ1) is 25.6. The maximum atomic E-state index is 13.1. The number of amides is 1. The molecule has 0 atom stereocenters. The number of aromatic nitrogens is 4. The molecule has 190 valence electrons. The SMILES string of the molecule is CC(C)c1ccc2c(Nc3cc(C(=O)Nc4ccc(Br)cn4)ccc3Sc3ccc(N)cc3)ncnc2n1. The van der Waals surface area contributed by atoms with Crippen molar-refractivity contribution in [2.75, 3.05) is 16.4 Å². The number of rotatable bonds is 7. The van der Waals surface area contributed by atoms with Crippen molar-refractivity contribution in [1.29, 1.82) is 0 Å². The molecular formula is C28H24BrN7OS. The molecule has 8 nitrogen and oxygen atoms in total. The third kappa shape index (κ3) is 5.92. The monoisotopic (exact) mass is 585 g/mol. The summed E-state index contributed by atoms with van der Waals surface area (Å²) in [5, 5.41) is 7.05. The fraction of sp³-hybridized carbons (Fsp3) is 0.107. The maximum Gasteiger partial charge on any atom is 0.256 e. The largest absolute Gasteiger partial charge is 0.399 e. The van der Waals surface area contributed by atoms with Gasteiger partial charge in [-0.25, -0.2) is 19.9 Å². The van der Waals surface area contributed by atoms with Crippen LogP contribution in [0.4, 0.5) is 23.0 Å². The molecule has 0 saturated carbocycles. The molecule has 0 radical (unpaired) electrons. The lowest BCUT2D eigenvalue weighted by Crippen LogP contribution is -2.13. The van der Waals surface area contributed by atoms with E-state index >= 15 is 0 Å². The van der Waals surface area contributed by atoms with Gasteiger partial charge in [-0.3, -0.25) is 4.79 Å². The van der Waals surface area contributed by atoms with Gasteiger partial charge < -0.3 is 16.4 Å². The average molecular weight is 587 g/mol. The average Bonchev–Trinajstić information content (AvgIpc) is 2.92. The molecule has 5 rings (SSSR count). The van der Waals surface area contributed by atoms with Gasteiger partial charge in [0.05, 0.1) is 11.1 Å². The second-order valence-electron chi connectivity index (χ2n) is 8.81. The van der Waals surface area contributed by atoms with Crippen LogP contribution in [0.2, 0.25) is 0 Å². The van der Waals surface area contributed by atoms with Crippen molar-refractivity contribution in [3.8, 4) is 0 Å². The van der Waals surface area contributed by atoms with Crippen molar-refractivity contribution in [2.24, 2.45) is 0 Å². The minimum atomic E-state index is -0.275. The van der Waals surface area contributed by atoms with Crippen molar-refractivity contribution in [2.45, 2.75) is 29.6 Å². The zero-order chi connectivity index (χ0) is 26.6. The Kier molecular flexibility index (Phi) is 7.52. The fourth-order valence-corrected chi connectivity index (χ4v) is 4.78. The maximum absolute atomic E-state index is 13.1. The van der Waals surface area contributed by atoms with Crippen molar-refractivity contribution >= 4 is 67.6 Å². The zero-order valence-corrected chi connectivity index (χ0v) is 23.0. The molecule has 0 saturated heterocycles. The molecule has 38 heavy (non-hydrogen) atoms. The smallest absolute Gasteiger partial charge is 0.256 e. The number of hydrogen-bond donors (Lipinski definition) is 3. The van der Waals surface area contributed by atoms with Gasteiger partial charge in [-0.1, -0.05) is 25.6 Å². The Morgan fingerprint density at radius 3 is 2.53 bits per heavy atom. The van der Waals surface area contributed by atoms with Crippen molar-refractivity contribution in [3.63, 3.8) is 0 Å². The second kappa shape index (κ2) is 11.2. The Labute approximate surface area is 232 Å². The fourth-order valence-electron chi connectivity index (χ4n) is 3.66. The number of halogens is 1. The van der Waals surface area contributed by atoms with Gasteiger partial charge in [-0.05, 0) is 88.6 Å². The van der Waals surface area contributed by atoms with E-state index in [0.717, 1.165) is 31.0 Å². The van der Waals surface area contributed by atoms with Crippen molar-refractivity contribution in [1.82, 2.24) is 19.9 Å². The number of anilines is 4. The third-order valence-corrected chi connectivity index (χ3v) is 7.23. The predicted octanol–water partition coefficient (Wildman–Crippen LogP) is 7.04. The van der Waals surface area contributed by atoms with Crippen LogP contribution < -0.4 is 16.4 Å². The molecule has 10 heteroatoms. The number of carbonyl (C=O) groups is 1. The third-order valence-electron chi connectivity index (χ3n) is 5.68. The first-order chi connectivity index (χ1) is 18.4. The number of nitrogens with zero attached hydrogens (tertiary/aromatic N) is 4. The standard InChI is InChI=1S/C28H24BrN7OS/c1-16(2)22-10-9-21-26(34-22)32-15-33-27(21)35-23-13-17(28(37)36-25-12-4-18(29)14-31-25)3-11-24(23)38-20-7-5-19(30)6-8-20/h3-16H,30H2,1-2H3,(H,31,36,37)(H,32,33,34,35). The van der Waals surface area contributed by atoms with Gasteiger partial charge in [0, 0.05) is 37.4 Å². The lowest BCUT2D eigenvalue weighted by Gasteiger charge is -2.15. The zero-order valence-electron chi connectivity index (χ0n) is 20.6. The Hall–Kier alpha value is -4.02. The lowest BCUT2D eigenvalue weighted by molar-refractivity contribution is 0.102. The molecule has 0 spiro atoms. The number of hydrogen-bond acceptors (Lipinski definition) is 8. The Balaban J connectivity index is 1.51. The van der Waals surface area contributed by atoms with Crippen molar-refractivity contribution < 1.29 is 4.79 Å². The highest BCUT2D eigenvalue weighted by atomic mass is 79.9. The van der Waals surface area contributed by atoms with Gasteiger partial charge in [-0.15, -0.1) is 0 Å². The van der Waals surface area contributed by atoms with E-state index in [1.54, 1.807) is 36.2 Å². The number of benzene rings is 2. The molecule has 3 heterocycles. The van der Waals surface area contributed by atoms with Gasteiger partial charge >= 0.3 is 0 Å². The van der Waals surface area contributed by atoms with Crippen LogP contribution in [0.1, 0.15) is 35.8 Å². The van der Waals surface area contributed by atoms with Gasteiger partial charge in [0.25, 0.3) is 5.91 Å². The Morgan fingerprint density at radius 2 is 1.79 bits per heavy atom. The molecule has 0 aliphatic heterocycles. The van der Waals surface area contributed by atoms with E-state index in [1.807, 2.05) is 48.5 Å². The van der Waals surface area contributed by atoms with E-state index in [2.05, 4.69) is 55.4 Å². The van der Waals surface area contributed by atoms with E-state index in [0.29, 0.717) is 28.5 Å². The lowest BCUT2D eigenvalue weighted by atomic mass is 10.1. The molecule has 5 aromatic rings. The number of nitrogen functional groups attached to an aromatic ring is 1. The first-order valence-electron chi connectivity index (χ1n) is 11.8. The summed E-state index contributed by atoms with van der Waals surface area (Å²) in [7, 11) is 0. The van der Waals surface area contributed by atoms with Crippen LogP contribution in [0.25, 0.3) is 11.0 Å². The van der Waals surface area contributed by atoms with E-state index < -0.39 is 0 Å². The number of carbonyl (C=O) groups excluding carboxylic acids is 1. The van der Waals surface area contributed by atoms with Crippen LogP contribution >= 0.6 is 27.7 Å². The summed E-state index contributed by atoms with van der Waals surface area (Å²) in [5.41, 5.74) is 9.32. The van der Waals surface area contributed by atoms with Crippen molar-refractivity contribution in [3.05, 3.63) is 95.0 Å². The molecule has 2 aromatic carbocycles. The summed E-state index contributed by atoms with van der Waals surface area (Å²) in [6, 6.07) is 20.7. The molecule has 0 aliphatic rings. The first-order valence-corrected chi connectivity index (χ1v) is 13.5. The highest BCUT2D eigenvalue weighted by molar-refractivity contribution is 9.10. The highest BCUT2D eigenvalue weighted by Gasteiger charge is 2.15. The minimum absolute atomic E-state index is 0.275. The highest BCUT2D eigenvalue weighted by Crippen LogP contribution is 2.37. The normalized spacial score (nSPS) is 11.1. The number of nitrogens with one attached hydrogen (secondary N) is 2. The summed E-state index contributed by atoms with van der Waals surface area (Å²) in [6.07, 6.45) is 3.12. The summed E-state index contributed by atoms with van der Waals surface area (Å²) in [6.45, 7) is 4.19. The number of pyridine rings is 2. The van der Waals surface area contributed by atoms with Crippen LogP contribution in [-0.2, 0) is 0 Å². The van der Waals surface area contributed by atoms with Crippen LogP contribution in [0, 0.1) is 0 Å². The molecule has 0 aliphatic carbocycles. The second-order valence-corrected chi connectivity index (χ2v) is 10.8. The van der Waals surface area contributed by atoms with E-state index in [4.69, 9.17) is 10.7 Å². The Morgan fingerprint density at radius 1 is 0.974 bits per heavy atom. The molecule has 0 bridgehead atoms. The summed E-state index contributed by atoms with van der Waals surface area (Å²) in [4.78, 5) is 32.8. The Bertz CT molecular complexity index is 1610. The van der Waals surface area contributed by atoms with Gasteiger partial charge in [0.1, 0.15) is 18.0 Å².